The van der Waals surface area contributed by atoms with Crippen LogP contribution >= 0.6 is 0 Å². The zero-order chi connectivity index (χ0) is 23.6. The van der Waals surface area contributed by atoms with Gasteiger partial charge < -0.3 is 14.6 Å². The zero-order valence-electron chi connectivity index (χ0n) is 18.1. The Bertz CT molecular complexity index is 1280. The third kappa shape index (κ3) is 4.05. The van der Waals surface area contributed by atoms with E-state index < -0.39 is 27.5 Å². The molecule has 0 radical (unpaired) electrons. The van der Waals surface area contributed by atoms with Crippen LogP contribution in [0.2, 0.25) is 0 Å². The molecule has 0 fully saturated rings. The molecule has 0 spiro atoms. The van der Waals surface area contributed by atoms with Crippen molar-refractivity contribution in [3.05, 3.63) is 95.1 Å². The first-order valence-corrected chi connectivity index (χ1v) is 11.8. The van der Waals surface area contributed by atoms with Crippen molar-refractivity contribution in [3.8, 4) is 11.5 Å². The minimum absolute atomic E-state index is 0.00753. The summed E-state index contributed by atoms with van der Waals surface area (Å²) in [5, 5.41) is 10.8. The van der Waals surface area contributed by atoms with E-state index in [1.54, 1.807) is 66.7 Å². The smallest absolute Gasteiger partial charge is 0.295 e. The van der Waals surface area contributed by atoms with Crippen molar-refractivity contribution in [3.63, 3.8) is 0 Å². The van der Waals surface area contributed by atoms with Crippen molar-refractivity contribution in [1.82, 2.24) is 0 Å². The lowest BCUT2D eigenvalue weighted by Crippen LogP contribution is -2.31. The van der Waals surface area contributed by atoms with Gasteiger partial charge in [0.25, 0.3) is 5.91 Å². The van der Waals surface area contributed by atoms with Crippen LogP contribution in [0.25, 0.3) is 0 Å². The molecule has 4 rings (SSSR count). The van der Waals surface area contributed by atoms with E-state index in [2.05, 4.69) is 0 Å². The number of aliphatic hydroxyl groups excluding tert-OH is 1. The lowest BCUT2D eigenvalue weighted by atomic mass is 10.1. The molecular weight excluding hydrogens is 442 g/mol. The third-order valence-corrected chi connectivity index (χ3v) is 7.25. The summed E-state index contributed by atoms with van der Waals surface area (Å²) in [5.74, 6) is -0.401. The number of aliphatic hydroxyl groups is 1. The fourth-order valence-corrected chi connectivity index (χ4v) is 5.45. The molecule has 7 nitrogen and oxygen atoms in total. The predicted octanol–water partition coefficient (Wildman–Crippen LogP) is 4.43. The van der Waals surface area contributed by atoms with Crippen LogP contribution in [-0.2, 0) is 14.6 Å². The number of carbonyl (C=O) groups excluding carboxylic acids is 1. The molecule has 0 bridgehead atoms. The van der Waals surface area contributed by atoms with Crippen molar-refractivity contribution in [2.45, 2.75) is 17.9 Å². The number of hydrogen-bond acceptors (Lipinski definition) is 6. The summed E-state index contributed by atoms with van der Waals surface area (Å²) in [4.78, 5) is 14.1. The topological polar surface area (TPSA) is 93.1 Å². The number of rotatable bonds is 7. The van der Waals surface area contributed by atoms with Crippen molar-refractivity contribution in [1.29, 1.82) is 0 Å². The van der Waals surface area contributed by atoms with Crippen LogP contribution in [0.5, 0.6) is 11.5 Å². The molecule has 0 aliphatic carbocycles. The summed E-state index contributed by atoms with van der Waals surface area (Å²) in [6, 6.07) is 20.1. The second-order valence-electron chi connectivity index (χ2n) is 7.31. The van der Waals surface area contributed by atoms with Gasteiger partial charge in [-0.2, -0.15) is 0 Å². The molecule has 1 N–H and O–H groups in total. The Hall–Kier alpha value is -3.78. The molecule has 1 aliphatic rings. The van der Waals surface area contributed by atoms with Gasteiger partial charge in [-0.3, -0.25) is 9.69 Å². The first kappa shape index (κ1) is 22.4. The van der Waals surface area contributed by atoms with Gasteiger partial charge in [0.2, 0.25) is 9.84 Å². The average molecular weight is 466 g/mol. The molecule has 8 heteroatoms. The van der Waals surface area contributed by atoms with Crippen LogP contribution in [0.3, 0.4) is 0 Å². The number of methoxy groups -OCH3 is 1. The molecule has 170 valence electrons. The van der Waals surface area contributed by atoms with E-state index in [1.165, 1.54) is 24.1 Å². The van der Waals surface area contributed by atoms with Gasteiger partial charge in [-0.05, 0) is 61.0 Å². The molecule has 3 aromatic carbocycles. The van der Waals surface area contributed by atoms with Gasteiger partial charge in [0.1, 0.15) is 22.4 Å². The van der Waals surface area contributed by atoms with E-state index in [1.807, 2.05) is 6.92 Å². The highest BCUT2D eigenvalue weighted by molar-refractivity contribution is 7.95. The monoisotopic (exact) mass is 465 g/mol. The fraction of sp³-hybridized carbons (Fsp3) is 0.160. The minimum Gasteiger partial charge on any atom is -0.502 e. The number of sulfone groups is 1. The van der Waals surface area contributed by atoms with Gasteiger partial charge in [0.05, 0.1) is 18.6 Å². The largest absolute Gasteiger partial charge is 0.502 e. The molecule has 33 heavy (non-hydrogen) atoms. The van der Waals surface area contributed by atoms with E-state index >= 15 is 0 Å². The molecule has 1 amide bonds. The first-order valence-electron chi connectivity index (χ1n) is 10.3. The summed E-state index contributed by atoms with van der Waals surface area (Å²) < 4.78 is 37.8. The number of nitrogens with zero attached hydrogens (tertiary/aromatic N) is 1. The zero-order valence-corrected chi connectivity index (χ0v) is 19.0. The second-order valence-corrected chi connectivity index (χ2v) is 9.23. The van der Waals surface area contributed by atoms with Crippen molar-refractivity contribution in [2.75, 3.05) is 18.6 Å². The molecule has 1 heterocycles. The van der Waals surface area contributed by atoms with Crippen LogP contribution in [-0.4, -0.2) is 33.1 Å². The summed E-state index contributed by atoms with van der Waals surface area (Å²) in [7, 11) is -2.66. The lowest BCUT2D eigenvalue weighted by molar-refractivity contribution is -0.117. The minimum atomic E-state index is -4.18. The molecule has 1 unspecified atom stereocenters. The van der Waals surface area contributed by atoms with E-state index in [-0.39, 0.29) is 9.80 Å². The normalized spacial score (nSPS) is 16.2. The van der Waals surface area contributed by atoms with E-state index in [4.69, 9.17) is 9.47 Å². The van der Waals surface area contributed by atoms with Crippen LogP contribution in [0.15, 0.2) is 94.4 Å². The van der Waals surface area contributed by atoms with Crippen molar-refractivity contribution < 1.29 is 27.8 Å². The summed E-state index contributed by atoms with van der Waals surface area (Å²) >= 11 is 0. The van der Waals surface area contributed by atoms with Gasteiger partial charge in [-0.25, -0.2) is 8.42 Å². The van der Waals surface area contributed by atoms with Gasteiger partial charge in [-0.1, -0.05) is 30.3 Å². The molecule has 1 aliphatic heterocycles. The van der Waals surface area contributed by atoms with Crippen LogP contribution < -0.4 is 14.4 Å². The van der Waals surface area contributed by atoms with Gasteiger partial charge in [-0.15, -0.1) is 0 Å². The predicted molar refractivity (Wildman–Crippen MR) is 124 cm³/mol. The SMILES string of the molecule is CCOc1ccc(C2C(S(=O)(=O)c3ccccc3)=C(O)C(=O)N2c2ccc(OC)cc2)cc1. The standard InChI is InChI=1S/C25H23NO6S/c1-3-32-20-13-9-17(10-14-20)22-24(33(29,30)21-7-5-4-6-8-21)23(27)25(28)26(22)18-11-15-19(31-2)16-12-18/h4-16,22,27H,3H2,1-2H3. The Morgan fingerprint density at radius 2 is 1.52 bits per heavy atom. The Morgan fingerprint density at radius 3 is 2.09 bits per heavy atom. The maximum atomic E-state index is 13.6. The van der Waals surface area contributed by atoms with Gasteiger partial charge in [0, 0.05) is 5.69 Å². The number of anilines is 1. The van der Waals surface area contributed by atoms with Crippen molar-refractivity contribution >= 4 is 21.4 Å². The number of hydrogen-bond donors (Lipinski definition) is 1. The number of ether oxygens (including phenoxy) is 2. The highest BCUT2D eigenvalue weighted by atomic mass is 32.2. The Labute approximate surface area is 192 Å². The van der Waals surface area contributed by atoms with Crippen LogP contribution in [0, 0.1) is 0 Å². The van der Waals surface area contributed by atoms with Crippen molar-refractivity contribution in [2.24, 2.45) is 0 Å². The molecule has 0 aromatic heterocycles. The van der Waals surface area contributed by atoms with E-state index in [0.717, 1.165) is 0 Å². The highest BCUT2D eigenvalue weighted by Gasteiger charge is 2.47. The number of benzene rings is 3. The van der Waals surface area contributed by atoms with Gasteiger partial charge in [0.15, 0.2) is 5.76 Å². The molecule has 0 saturated heterocycles. The maximum Gasteiger partial charge on any atom is 0.295 e. The summed E-state index contributed by atoms with van der Waals surface area (Å²) in [6.45, 7) is 2.34. The third-order valence-electron chi connectivity index (χ3n) is 5.36. The average Bonchev–Trinajstić information content (AvgIpc) is 3.11. The number of amides is 1. The van der Waals surface area contributed by atoms with Crippen LogP contribution in [0.1, 0.15) is 18.5 Å². The van der Waals surface area contributed by atoms with Crippen LogP contribution in [0.4, 0.5) is 5.69 Å². The van der Waals surface area contributed by atoms with E-state index in [9.17, 15) is 18.3 Å². The molecule has 1 atom stereocenters. The summed E-state index contributed by atoms with van der Waals surface area (Å²) in [5.41, 5.74) is 0.936. The Morgan fingerprint density at radius 1 is 0.909 bits per heavy atom. The van der Waals surface area contributed by atoms with Gasteiger partial charge >= 0.3 is 0 Å². The quantitative estimate of drug-likeness (QED) is 0.555. The first-order chi connectivity index (χ1) is 15.9. The van der Waals surface area contributed by atoms with E-state index in [0.29, 0.717) is 29.4 Å². The lowest BCUT2D eigenvalue weighted by Gasteiger charge is -2.27. The number of carbonyl (C=O) groups is 1. The summed E-state index contributed by atoms with van der Waals surface area (Å²) in [6.07, 6.45) is 0. The highest BCUT2D eigenvalue weighted by Crippen LogP contribution is 2.45. The Kier molecular flexibility index (Phi) is 6.11. The molecule has 0 saturated carbocycles. The maximum absolute atomic E-state index is 13.6. The second kappa shape index (κ2) is 8.99. The Balaban J connectivity index is 1.89. The molecular formula is C25H23NO6S. The molecule has 3 aromatic rings. The fourth-order valence-electron chi connectivity index (χ4n) is 3.81.